The Kier molecular flexibility index (Phi) is 12.9. The number of fused-ring (bicyclic) bond motifs is 1. The molecule has 2 aromatic rings. The van der Waals surface area contributed by atoms with Crippen LogP contribution in [0.15, 0.2) is 46.1 Å². The van der Waals surface area contributed by atoms with E-state index >= 15 is 0 Å². The van der Waals surface area contributed by atoms with E-state index in [0.29, 0.717) is 30.9 Å². The van der Waals surface area contributed by atoms with Gasteiger partial charge in [-0.3, -0.25) is 19.4 Å². The number of esters is 1. The van der Waals surface area contributed by atoms with E-state index < -0.39 is 53.2 Å². The molecule has 326 valence electrons. The van der Waals surface area contributed by atoms with Gasteiger partial charge in [0.2, 0.25) is 0 Å². The summed E-state index contributed by atoms with van der Waals surface area (Å²) in [6, 6.07) is 0. The Balaban J connectivity index is 1.54. The summed E-state index contributed by atoms with van der Waals surface area (Å²) >= 11 is 0. The number of Topliss-reactive ketones (excluding diaryl/α,β-unsaturated/α-hetero) is 1. The third kappa shape index (κ3) is 8.42. The van der Waals surface area contributed by atoms with Crippen LogP contribution in [-0.4, -0.2) is 94.4 Å². The first kappa shape index (κ1) is 44.8. The number of aliphatic hydroxyl groups is 1. The standard InChI is InChI=1S/C46H62N4O10/c1-23(2)22-50-18-16-46(17-19-50)48-35-32-33-39(53)29(8)42-34(32)43(55)45(10,60-42)58-20-15-31(57-11)28(7)41(59-30(9)51)27(6)21-26(5)38(52)24(3)13-12-14-25(4)44(56)47-37(40(33)54)36(35)49-46/h12-15,20,23-24,26-28,31,38,41,48,52-54H,16-19,21-22H2,1-11H3/b13-12+,20-15+,25-14-,47-37?/t24-,26-,27+,28+,31-,38-,41-,45-/m0/s1. The number of carbonyl (C=O) groups excluding carboxylic acids is 3. The monoisotopic (exact) mass is 830 g/mol. The molecule has 0 unspecified atom stereocenters. The van der Waals surface area contributed by atoms with Crippen molar-refractivity contribution in [3.05, 3.63) is 58.0 Å². The van der Waals surface area contributed by atoms with E-state index in [9.17, 15) is 29.7 Å². The number of phenols is 2. The third-order valence-corrected chi connectivity index (χ3v) is 12.7. The lowest BCUT2D eigenvalue weighted by Crippen LogP contribution is -2.47. The van der Waals surface area contributed by atoms with Gasteiger partial charge in [0.15, 0.2) is 5.75 Å². The molecule has 60 heavy (non-hydrogen) atoms. The molecular formula is C46H62N4O10. The second-order valence-electron chi connectivity index (χ2n) is 18.0. The summed E-state index contributed by atoms with van der Waals surface area (Å²) in [4.78, 5) is 52.9. The maximum atomic E-state index is 14.7. The highest BCUT2D eigenvalue weighted by molar-refractivity contribution is 6.21. The number of rotatable bonds is 4. The molecule has 1 fully saturated rings. The van der Waals surface area contributed by atoms with Gasteiger partial charge in [0.05, 0.1) is 35.1 Å². The van der Waals surface area contributed by atoms with E-state index in [1.807, 2.05) is 33.8 Å². The fourth-order valence-electron chi connectivity index (χ4n) is 9.31. The number of carbonyl (C=O) groups is 3. The molecule has 0 saturated carbocycles. The van der Waals surface area contributed by atoms with Crippen molar-refractivity contribution in [1.29, 1.82) is 0 Å². The van der Waals surface area contributed by atoms with Crippen LogP contribution in [0, 0.1) is 36.5 Å². The first-order chi connectivity index (χ1) is 28.2. The summed E-state index contributed by atoms with van der Waals surface area (Å²) in [5, 5.41) is 39.1. The number of hydrogen-bond acceptors (Lipinski definition) is 13. The van der Waals surface area contributed by atoms with Crippen molar-refractivity contribution in [1.82, 2.24) is 4.90 Å². The molecule has 4 bridgehead atoms. The first-order valence-corrected chi connectivity index (χ1v) is 21.1. The second kappa shape index (κ2) is 17.3. The number of hydrogen-bond donors (Lipinski definition) is 4. The maximum Gasteiger partial charge on any atom is 0.312 e. The van der Waals surface area contributed by atoms with Crippen molar-refractivity contribution < 1.29 is 48.7 Å². The lowest BCUT2D eigenvalue weighted by Gasteiger charge is -2.38. The minimum Gasteiger partial charge on any atom is -0.507 e. The van der Waals surface area contributed by atoms with Crippen molar-refractivity contribution in [2.75, 3.05) is 32.1 Å². The van der Waals surface area contributed by atoms with Gasteiger partial charge in [-0.25, -0.2) is 4.99 Å². The maximum absolute atomic E-state index is 14.7. The van der Waals surface area contributed by atoms with Gasteiger partial charge in [-0.1, -0.05) is 59.8 Å². The van der Waals surface area contributed by atoms with Crippen LogP contribution in [0.25, 0.3) is 10.8 Å². The Hall–Kier alpha value is -4.79. The molecule has 4 aliphatic rings. The van der Waals surface area contributed by atoms with Crippen molar-refractivity contribution in [3.63, 3.8) is 0 Å². The summed E-state index contributed by atoms with van der Waals surface area (Å²) in [7, 11) is 1.53. The van der Waals surface area contributed by atoms with Gasteiger partial charge in [0.25, 0.3) is 11.7 Å². The molecule has 1 saturated heterocycles. The molecule has 6 rings (SSSR count). The average Bonchev–Trinajstić information content (AvgIpc) is 3.69. The summed E-state index contributed by atoms with van der Waals surface area (Å²) in [6.07, 6.45) is 7.79. The highest BCUT2D eigenvalue weighted by Crippen LogP contribution is 2.51. The van der Waals surface area contributed by atoms with Crippen molar-refractivity contribution >= 4 is 34.1 Å². The Morgan fingerprint density at radius 3 is 2.35 bits per heavy atom. The molecule has 0 aliphatic carbocycles. The first-order valence-electron chi connectivity index (χ1n) is 21.1. The van der Waals surface area contributed by atoms with Crippen LogP contribution in [0.5, 0.6) is 17.2 Å². The number of allylic oxidation sites excluding steroid dienone is 2. The summed E-state index contributed by atoms with van der Waals surface area (Å²) < 4.78 is 24.2. The van der Waals surface area contributed by atoms with E-state index in [4.69, 9.17) is 23.9 Å². The summed E-state index contributed by atoms with van der Waals surface area (Å²) in [5.41, 5.74) is 0.0343. The average molecular weight is 831 g/mol. The highest BCUT2D eigenvalue weighted by Gasteiger charge is 2.50. The van der Waals surface area contributed by atoms with Crippen LogP contribution in [-0.2, 0) is 23.8 Å². The fraction of sp³-hybridized carbons (Fsp3) is 0.587. The molecule has 0 aromatic heterocycles. The number of benzene rings is 2. The topological polar surface area (TPSA) is 189 Å². The zero-order valence-electron chi connectivity index (χ0n) is 36.8. The van der Waals surface area contributed by atoms with Gasteiger partial charge >= 0.3 is 11.8 Å². The number of likely N-dealkylation sites (tertiary alicyclic amines) is 1. The number of nitrogens with zero attached hydrogens (tertiary/aromatic N) is 3. The minimum absolute atomic E-state index is 0.0721. The highest BCUT2D eigenvalue weighted by atomic mass is 16.7. The zero-order valence-corrected chi connectivity index (χ0v) is 36.8. The third-order valence-electron chi connectivity index (χ3n) is 12.7. The minimum atomic E-state index is -1.91. The number of aromatic hydroxyl groups is 2. The number of ketones is 1. The molecule has 1 spiro atoms. The number of phenolic OH excluding ortho intramolecular Hbond substituents is 2. The molecule has 0 radical (unpaired) electrons. The Morgan fingerprint density at radius 1 is 1.03 bits per heavy atom. The lowest BCUT2D eigenvalue weighted by molar-refractivity contribution is -0.155. The molecule has 4 aliphatic heterocycles. The predicted molar refractivity (Wildman–Crippen MR) is 226 cm³/mol. The van der Waals surface area contributed by atoms with E-state index in [1.165, 1.54) is 27.2 Å². The van der Waals surface area contributed by atoms with Crippen molar-refractivity contribution in [2.45, 2.75) is 118 Å². The van der Waals surface area contributed by atoms with Crippen molar-refractivity contribution in [3.8, 4) is 17.2 Å². The van der Waals surface area contributed by atoms with Crippen LogP contribution in [0.4, 0.5) is 5.69 Å². The molecule has 4 N–H and O–H groups in total. The fourth-order valence-corrected chi connectivity index (χ4v) is 9.31. The van der Waals surface area contributed by atoms with E-state index in [2.05, 4.69) is 29.1 Å². The smallest absolute Gasteiger partial charge is 0.312 e. The molecular weight excluding hydrogens is 769 g/mol. The molecule has 2 aromatic carbocycles. The number of amides is 1. The van der Waals surface area contributed by atoms with Crippen LogP contribution in [0.2, 0.25) is 0 Å². The van der Waals surface area contributed by atoms with Gasteiger partial charge in [-0.2, -0.15) is 0 Å². The van der Waals surface area contributed by atoms with E-state index in [0.717, 1.165) is 19.6 Å². The molecule has 14 heteroatoms. The van der Waals surface area contributed by atoms with Crippen molar-refractivity contribution in [2.24, 2.45) is 39.6 Å². The van der Waals surface area contributed by atoms with Gasteiger partial charge < -0.3 is 44.5 Å². The Bertz CT molecular complexity index is 2260. The molecule has 14 nitrogen and oxygen atoms in total. The van der Waals surface area contributed by atoms with Crippen LogP contribution in [0.3, 0.4) is 0 Å². The normalized spacial score (nSPS) is 31.8. The number of methoxy groups -OCH3 is 1. The predicted octanol–water partition coefficient (Wildman–Crippen LogP) is 5.78. The second-order valence-corrected chi connectivity index (χ2v) is 18.0. The van der Waals surface area contributed by atoms with Crippen LogP contribution >= 0.6 is 0 Å². The van der Waals surface area contributed by atoms with Gasteiger partial charge in [0.1, 0.15) is 34.0 Å². The zero-order chi connectivity index (χ0) is 44.0. The van der Waals surface area contributed by atoms with Gasteiger partial charge in [0, 0.05) is 81.8 Å². The quantitative estimate of drug-likeness (QED) is 0.215. The largest absolute Gasteiger partial charge is 0.507 e. The lowest BCUT2D eigenvalue weighted by atomic mass is 9.80. The van der Waals surface area contributed by atoms with Crippen LogP contribution in [0.1, 0.15) is 97.5 Å². The van der Waals surface area contributed by atoms with Gasteiger partial charge in [-0.15, -0.1) is 0 Å². The number of piperidine rings is 1. The molecule has 8 atom stereocenters. The molecule has 4 heterocycles. The van der Waals surface area contributed by atoms with Gasteiger partial charge in [-0.05, 0) is 44.1 Å². The SMILES string of the molecule is CO[C@H]1/C=C/O[C@@]2(C)Oc3c(C)c(O)c4c(O)c(c5c(c4c3C2=O)NC2(CCN(CC(C)C)CC2)N=5)=NC(=O)/C(C)=C\C=C\[C@H](C)[C@H](O)[C@@H](C)C[C@@H](C)[C@H](OC(C)=O)[C@@H]1C. The number of nitrogens with one attached hydrogen (secondary N) is 1. The summed E-state index contributed by atoms with van der Waals surface area (Å²) in [6.45, 7) is 20.4. The summed E-state index contributed by atoms with van der Waals surface area (Å²) in [5.74, 6) is -4.94. The number of ether oxygens (including phenoxy) is 4. The Morgan fingerprint density at radius 2 is 1.72 bits per heavy atom. The number of aliphatic hydroxyl groups excluding tert-OH is 1. The van der Waals surface area contributed by atoms with Crippen LogP contribution < -0.4 is 20.8 Å². The Labute approximate surface area is 352 Å². The van der Waals surface area contributed by atoms with E-state index in [-0.39, 0.29) is 73.4 Å². The number of anilines is 1. The van der Waals surface area contributed by atoms with E-state index in [1.54, 1.807) is 32.1 Å². The molecule has 1 amide bonds.